The summed E-state index contributed by atoms with van der Waals surface area (Å²) in [6, 6.07) is 13.7. The molecule has 4 rings (SSSR count). The zero-order valence-electron chi connectivity index (χ0n) is 18.3. The monoisotopic (exact) mass is 515 g/mol. The number of hydrogen-bond acceptors (Lipinski definition) is 5. The van der Waals surface area contributed by atoms with E-state index in [1.165, 1.54) is 11.8 Å². The number of nitrogens with zero attached hydrogens (tertiary/aromatic N) is 4. The molecule has 0 bridgehead atoms. The summed E-state index contributed by atoms with van der Waals surface area (Å²) in [5.41, 5.74) is 1.14. The van der Waals surface area contributed by atoms with E-state index in [1.54, 1.807) is 59.5 Å². The minimum Gasteiger partial charge on any atom is -0.328 e. The Morgan fingerprint density at radius 3 is 2.65 bits per heavy atom. The van der Waals surface area contributed by atoms with Crippen molar-refractivity contribution in [1.82, 2.24) is 19.7 Å². The molecule has 1 saturated heterocycles. The van der Waals surface area contributed by atoms with Crippen LogP contribution in [-0.2, 0) is 11.3 Å². The van der Waals surface area contributed by atoms with Gasteiger partial charge in [0.2, 0.25) is 5.91 Å². The summed E-state index contributed by atoms with van der Waals surface area (Å²) in [5, 5.41) is 13.2. The molecule has 3 aromatic rings. The van der Waals surface area contributed by atoms with E-state index >= 15 is 0 Å². The third-order valence-electron chi connectivity index (χ3n) is 5.43. The Labute approximate surface area is 212 Å². The summed E-state index contributed by atoms with van der Waals surface area (Å²) in [4.78, 5) is 27.5. The molecule has 0 saturated carbocycles. The molecule has 1 N–H and O–H groups in total. The van der Waals surface area contributed by atoms with E-state index in [4.69, 9.17) is 23.2 Å². The Morgan fingerprint density at radius 1 is 1.15 bits per heavy atom. The largest absolute Gasteiger partial charge is 0.328 e. The lowest BCUT2D eigenvalue weighted by Crippen LogP contribution is -2.32. The first-order chi connectivity index (χ1) is 16.5. The van der Waals surface area contributed by atoms with E-state index in [0.29, 0.717) is 45.4 Å². The van der Waals surface area contributed by atoms with Gasteiger partial charge in [0.25, 0.3) is 5.91 Å². The molecule has 1 atom stereocenters. The number of carbonyl (C=O) groups excluding carboxylic acids is 2. The van der Waals surface area contributed by atoms with Crippen molar-refractivity contribution in [2.75, 3.05) is 17.6 Å². The van der Waals surface area contributed by atoms with Gasteiger partial charge in [0, 0.05) is 23.8 Å². The highest BCUT2D eigenvalue weighted by Crippen LogP contribution is 2.35. The molecule has 0 aliphatic carbocycles. The van der Waals surface area contributed by atoms with Crippen LogP contribution in [0.3, 0.4) is 0 Å². The van der Waals surface area contributed by atoms with Crippen molar-refractivity contribution >= 4 is 52.5 Å². The highest BCUT2D eigenvalue weighted by Gasteiger charge is 2.35. The van der Waals surface area contributed by atoms with Crippen LogP contribution in [0.25, 0.3) is 0 Å². The molecule has 2 aromatic carbocycles. The van der Waals surface area contributed by atoms with Crippen molar-refractivity contribution in [3.63, 3.8) is 0 Å². The summed E-state index contributed by atoms with van der Waals surface area (Å²) in [6.45, 7) is 4.92. The van der Waals surface area contributed by atoms with Crippen molar-refractivity contribution < 1.29 is 9.59 Å². The molecule has 7 nitrogen and oxygen atoms in total. The van der Waals surface area contributed by atoms with E-state index in [1.807, 2.05) is 4.57 Å². The van der Waals surface area contributed by atoms with Crippen molar-refractivity contribution in [1.29, 1.82) is 0 Å². The number of rotatable bonds is 8. The summed E-state index contributed by atoms with van der Waals surface area (Å²) in [5.74, 6) is 0.541. The average molecular weight is 516 g/mol. The standard InChI is InChI=1S/C24H23Cl2N5O2S/c1-2-13-31-22(20-8-5-14-30(20)23(33)18-6-3-4-7-19(18)26)28-29-24(31)34-15-21(32)27-17-11-9-16(25)10-12-17/h2-4,6-7,9-12,20H,1,5,8,13-15H2,(H,27,32). The lowest BCUT2D eigenvalue weighted by molar-refractivity contribution is -0.113. The molecule has 10 heteroatoms. The first-order valence-electron chi connectivity index (χ1n) is 10.8. The molecule has 34 heavy (non-hydrogen) atoms. The van der Waals surface area contributed by atoms with E-state index < -0.39 is 0 Å². The van der Waals surface area contributed by atoms with Gasteiger partial charge in [-0.15, -0.1) is 16.8 Å². The molecular weight excluding hydrogens is 493 g/mol. The van der Waals surface area contributed by atoms with Gasteiger partial charge >= 0.3 is 0 Å². The molecule has 0 radical (unpaired) electrons. The van der Waals surface area contributed by atoms with Crippen molar-refractivity contribution in [2.45, 2.75) is 30.6 Å². The Hall–Kier alpha value is -2.81. The molecule has 1 aromatic heterocycles. The molecule has 2 amide bonds. The lowest BCUT2D eigenvalue weighted by atomic mass is 10.1. The van der Waals surface area contributed by atoms with Gasteiger partial charge in [0.15, 0.2) is 11.0 Å². The van der Waals surface area contributed by atoms with E-state index in [-0.39, 0.29) is 23.6 Å². The number of thioether (sulfide) groups is 1. The zero-order valence-corrected chi connectivity index (χ0v) is 20.6. The molecule has 0 spiro atoms. The predicted molar refractivity (Wildman–Crippen MR) is 135 cm³/mol. The first-order valence-corrected chi connectivity index (χ1v) is 12.5. The van der Waals surface area contributed by atoms with Gasteiger partial charge < -0.3 is 14.8 Å². The zero-order chi connectivity index (χ0) is 24.1. The number of nitrogens with one attached hydrogen (secondary N) is 1. The summed E-state index contributed by atoms with van der Waals surface area (Å²) >= 11 is 13.4. The molecule has 1 aliphatic rings. The second kappa shape index (κ2) is 11.1. The number of benzene rings is 2. The van der Waals surface area contributed by atoms with Gasteiger partial charge in [-0.3, -0.25) is 9.59 Å². The Morgan fingerprint density at radius 2 is 1.91 bits per heavy atom. The molecule has 176 valence electrons. The van der Waals surface area contributed by atoms with Crippen LogP contribution in [0.15, 0.2) is 66.3 Å². The summed E-state index contributed by atoms with van der Waals surface area (Å²) in [7, 11) is 0. The van der Waals surface area contributed by atoms with Gasteiger partial charge in [-0.05, 0) is 49.2 Å². The molecular formula is C24H23Cl2N5O2S. The maximum Gasteiger partial charge on any atom is 0.255 e. The van der Waals surface area contributed by atoms with Gasteiger partial charge in [-0.25, -0.2) is 0 Å². The summed E-state index contributed by atoms with van der Waals surface area (Å²) < 4.78 is 1.91. The second-order valence-corrected chi connectivity index (χ2v) is 9.51. The van der Waals surface area contributed by atoms with E-state index in [2.05, 4.69) is 22.1 Å². The van der Waals surface area contributed by atoms with Gasteiger partial charge in [-0.2, -0.15) is 0 Å². The SMILES string of the molecule is C=CCn1c(SCC(=O)Nc2ccc(Cl)cc2)nnc1C1CCCN1C(=O)c1ccccc1Cl. The van der Waals surface area contributed by atoms with Crippen molar-refractivity contribution in [2.24, 2.45) is 0 Å². The second-order valence-electron chi connectivity index (χ2n) is 7.72. The van der Waals surface area contributed by atoms with Crippen LogP contribution in [0.4, 0.5) is 5.69 Å². The lowest BCUT2D eigenvalue weighted by Gasteiger charge is -2.25. The van der Waals surface area contributed by atoms with Crippen LogP contribution < -0.4 is 5.32 Å². The maximum atomic E-state index is 13.2. The van der Waals surface area contributed by atoms with Crippen LogP contribution in [0, 0.1) is 0 Å². The topological polar surface area (TPSA) is 80.1 Å². The van der Waals surface area contributed by atoms with Gasteiger partial charge in [-0.1, -0.05) is 53.2 Å². The highest BCUT2D eigenvalue weighted by molar-refractivity contribution is 7.99. The smallest absolute Gasteiger partial charge is 0.255 e. The summed E-state index contributed by atoms with van der Waals surface area (Å²) in [6.07, 6.45) is 3.38. The van der Waals surface area contributed by atoms with Gasteiger partial charge in [0.1, 0.15) is 0 Å². The average Bonchev–Trinajstić information content (AvgIpc) is 3.46. The normalized spacial score (nSPS) is 15.4. The maximum absolute atomic E-state index is 13.2. The van der Waals surface area contributed by atoms with Crippen LogP contribution in [0.2, 0.25) is 10.0 Å². The van der Waals surface area contributed by atoms with E-state index in [9.17, 15) is 9.59 Å². The van der Waals surface area contributed by atoms with Crippen LogP contribution >= 0.6 is 35.0 Å². The van der Waals surface area contributed by atoms with E-state index in [0.717, 1.165) is 12.8 Å². The van der Waals surface area contributed by atoms with Crippen molar-refractivity contribution in [3.8, 4) is 0 Å². The molecule has 1 unspecified atom stereocenters. The minimum atomic E-state index is -0.228. The fraction of sp³-hybridized carbons (Fsp3) is 0.250. The quantitative estimate of drug-likeness (QED) is 0.317. The molecule has 1 fully saturated rings. The number of aromatic nitrogens is 3. The first kappa shape index (κ1) is 24.3. The number of hydrogen-bond donors (Lipinski definition) is 1. The third kappa shape index (κ3) is 5.46. The van der Waals surface area contributed by atoms with Crippen LogP contribution in [-0.4, -0.2) is 43.8 Å². The number of likely N-dealkylation sites (tertiary alicyclic amines) is 1. The predicted octanol–water partition coefficient (Wildman–Crippen LogP) is 5.48. The van der Waals surface area contributed by atoms with Crippen LogP contribution in [0.1, 0.15) is 35.1 Å². The molecule has 2 heterocycles. The Balaban J connectivity index is 1.49. The number of amides is 2. The fourth-order valence-electron chi connectivity index (χ4n) is 3.88. The number of allylic oxidation sites excluding steroid dienone is 1. The minimum absolute atomic E-state index is 0.127. The molecule has 1 aliphatic heterocycles. The Kier molecular flexibility index (Phi) is 7.92. The Bertz CT molecular complexity index is 1200. The fourth-order valence-corrected chi connectivity index (χ4v) is 4.98. The van der Waals surface area contributed by atoms with Gasteiger partial charge in [0.05, 0.1) is 22.4 Å². The number of anilines is 1. The third-order valence-corrected chi connectivity index (χ3v) is 6.98. The van der Waals surface area contributed by atoms with Crippen LogP contribution in [0.5, 0.6) is 0 Å². The highest BCUT2D eigenvalue weighted by atomic mass is 35.5. The number of carbonyl (C=O) groups is 2. The van der Waals surface area contributed by atoms with Crippen molar-refractivity contribution in [3.05, 3.63) is 82.6 Å². The number of halogens is 2.